The maximum atomic E-state index is 11.3. The van der Waals surface area contributed by atoms with E-state index in [4.69, 9.17) is 0 Å². The molecule has 0 saturated carbocycles. The molecule has 7 heteroatoms. The predicted molar refractivity (Wildman–Crippen MR) is 73.6 cm³/mol. The second-order valence-electron chi connectivity index (χ2n) is 4.78. The van der Waals surface area contributed by atoms with Crippen LogP contribution in [0.2, 0.25) is 0 Å². The molecule has 2 heterocycles. The zero-order valence-electron chi connectivity index (χ0n) is 11.5. The number of hydrogen-bond donors (Lipinski definition) is 1. The van der Waals surface area contributed by atoms with Gasteiger partial charge in [-0.2, -0.15) is 4.98 Å². The molecule has 1 fully saturated rings. The molecule has 0 amide bonds. The Hall–Kier alpha value is -1.92. The number of anilines is 2. The van der Waals surface area contributed by atoms with Crippen molar-refractivity contribution in [2.75, 3.05) is 23.3 Å². The van der Waals surface area contributed by atoms with E-state index in [-0.39, 0.29) is 16.7 Å². The molecule has 1 aliphatic heterocycles. The van der Waals surface area contributed by atoms with Gasteiger partial charge in [-0.25, -0.2) is 4.98 Å². The van der Waals surface area contributed by atoms with E-state index in [2.05, 4.69) is 22.2 Å². The number of aryl methyl sites for hydroxylation is 1. The second-order valence-corrected chi connectivity index (χ2v) is 4.78. The molecule has 1 aliphatic rings. The van der Waals surface area contributed by atoms with E-state index < -0.39 is 0 Å². The maximum absolute atomic E-state index is 11.3. The van der Waals surface area contributed by atoms with Gasteiger partial charge < -0.3 is 10.2 Å². The molecule has 0 radical (unpaired) electrons. The van der Waals surface area contributed by atoms with Crippen molar-refractivity contribution in [3.63, 3.8) is 0 Å². The van der Waals surface area contributed by atoms with Crippen LogP contribution in [0.3, 0.4) is 0 Å². The molecule has 0 aliphatic carbocycles. The number of hydrogen-bond acceptors (Lipinski definition) is 6. The van der Waals surface area contributed by atoms with Gasteiger partial charge in [-0.15, -0.1) is 0 Å². The Bertz CT molecular complexity index is 491. The summed E-state index contributed by atoms with van der Waals surface area (Å²) in [6, 6.07) is 0.280. The van der Waals surface area contributed by atoms with Crippen molar-refractivity contribution in [1.82, 2.24) is 9.97 Å². The van der Waals surface area contributed by atoms with E-state index in [9.17, 15) is 10.1 Å². The molecular weight excluding hydrogens is 246 g/mol. The summed E-state index contributed by atoms with van der Waals surface area (Å²) in [6.07, 6.45) is 2.08. The van der Waals surface area contributed by atoms with Gasteiger partial charge in [-0.3, -0.25) is 10.1 Å². The minimum absolute atomic E-state index is 0.0235. The van der Waals surface area contributed by atoms with Gasteiger partial charge in [-0.1, -0.05) is 0 Å². The largest absolute Gasteiger partial charge is 0.354 e. The Morgan fingerprint density at radius 1 is 1.53 bits per heavy atom. The Balaban J connectivity index is 2.50. The molecular formula is C12H19N5O2. The topological polar surface area (TPSA) is 84.2 Å². The smallest absolute Gasteiger partial charge is 0.332 e. The first kappa shape index (κ1) is 13.5. The van der Waals surface area contributed by atoms with Gasteiger partial charge in [0.25, 0.3) is 0 Å². The Kier molecular flexibility index (Phi) is 3.82. The van der Waals surface area contributed by atoms with Crippen molar-refractivity contribution >= 4 is 17.5 Å². The fraction of sp³-hybridized carbons (Fsp3) is 0.667. The quantitative estimate of drug-likeness (QED) is 0.663. The number of nitrogens with one attached hydrogen (secondary N) is 1. The number of aromatic nitrogens is 2. The number of nitro groups is 1. The molecule has 1 saturated heterocycles. The third-order valence-corrected chi connectivity index (χ3v) is 3.38. The molecule has 1 atom stereocenters. The summed E-state index contributed by atoms with van der Waals surface area (Å²) in [5.41, 5.74) is 0.431. The van der Waals surface area contributed by atoms with E-state index in [1.807, 2.05) is 11.8 Å². The maximum Gasteiger partial charge on any atom is 0.332 e. The van der Waals surface area contributed by atoms with Gasteiger partial charge >= 0.3 is 5.69 Å². The van der Waals surface area contributed by atoms with Crippen LogP contribution in [0.5, 0.6) is 0 Å². The Morgan fingerprint density at radius 2 is 2.26 bits per heavy atom. The summed E-state index contributed by atoms with van der Waals surface area (Å²) in [5, 5.41) is 14.3. The average molecular weight is 265 g/mol. The Labute approximate surface area is 112 Å². The van der Waals surface area contributed by atoms with E-state index >= 15 is 0 Å². The van der Waals surface area contributed by atoms with Crippen molar-refractivity contribution in [2.45, 2.75) is 39.7 Å². The summed E-state index contributed by atoms with van der Waals surface area (Å²) in [4.78, 5) is 21.4. The van der Waals surface area contributed by atoms with Gasteiger partial charge in [-0.05, 0) is 33.6 Å². The van der Waals surface area contributed by atoms with Crippen molar-refractivity contribution in [1.29, 1.82) is 0 Å². The van der Waals surface area contributed by atoms with Gasteiger partial charge in [0.2, 0.25) is 11.8 Å². The fourth-order valence-electron chi connectivity index (χ4n) is 2.45. The van der Waals surface area contributed by atoms with Crippen LogP contribution in [-0.4, -0.2) is 34.0 Å². The zero-order valence-corrected chi connectivity index (χ0v) is 11.5. The summed E-state index contributed by atoms with van der Waals surface area (Å²) in [7, 11) is 0. The van der Waals surface area contributed by atoms with Crippen LogP contribution in [0, 0.1) is 17.0 Å². The molecule has 1 N–H and O–H groups in total. The molecule has 19 heavy (non-hydrogen) atoms. The van der Waals surface area contributed by atoms with Crippen molar-refractivity contribution < 1.29 is 4.92 Å². The van der Waals surface area contributed by atoms with Crippen LogP contribution < -0.4 is 10.2 Å². The van der Waals surface area contributed by atoms with Crippen molar-refractivity contribution in [3.05, 3.63) is 15.8 Å². The molecule has 1 aromatic rings. The molecule has 0 aromatic carbocycles. The lowest BCUT2D eigenvalue weighted by Crippen LogP contribution is -2.28. The van der Waals surface area contributed by atoms with Crippen LogP contribution >= 0.6 is 0 Å². The zero-order chi connectivity index (χ0) is 14.0. The van der Waals surface area contributed by atoms with Gasteiger partial charge in [0, 0.05) is 19.1 Å². The SMILES string of the molecule is CCNc1nc(C)c([N+](=O)[O-])c(N2CCCC2C)n1. The van der Waals surface area contributed by atoms with Gasteiger partial charge in [0.05, 0.1) is 4.92 Å². The van der Waals surface area contributed by atoms with E-state index in [1.54, 1.807) is 6.92 Å². The highest BCUT2D eigenvalue weighted by molar-refractivity contribution is 5.63. The molecule has 0 spiro atoms. The first-order valence-electron chi connectivity index (χ1n) is 6.58. The third-order valence-electron chi connectivity index (χ3n) is 3.38. The van der Waals surface area contributed by atoms with E-state index in [0.29, 0.717) is 24.0 Å². The predicted octanol–water partition coefficient (Wildman–Crippen LogP) is 2.11. The highest BCUT2D eigenvalue weighted by Gasteiger charge is 2.31. The molecule has 0 bridgehead atoms. The van der Waals surface area contributed by atoms with Crippen LogP contribution in [0.25, 0.3) is 0 Å². The summed E-state index contributed by atoms with van der Waals surface area (Å²) in [6.45, 7) is 7.17. The molecule has 1 unspecified atom stereocenters. The summed E-state index contributed by atoms with van der Waals surface area (Å²) in [5.74, 6) is 0.901. The van der Waals surface area contributed by atoms with Gasteiger partial charge in [0.1, 0.15) is 5.69 Å². The number of rotatable bonds is 4. The molecule has 7 nitrogen and oxygen atoms in total. The van der Waals surface area contributed by atoms with Crippen LogP contribution in [0.15, 0.2) is 0 Å². The van der Waals surface area contributed by atoms with Crippen LogP contribution in [-0.2, 0) is 0 Å². The molecule has 2 rings (SSSR count). The van der Waals surface area contributed by atoms with Crippen LogP contribution in [0.1, 0.15) is 32.4 Å². The highest BCUT2D eigenvalue weighted by atomic mass is 16.6. The highest BCUT2D eigenvalue weighted by Crippen LogP contribution is 2.34. The standard InChI is InChI=1S/C12H19N5O2/c1-4-13-12-14-9(3)10(17(18)19)11(15-12)16-7-5-6-8(16)2/h8H,4-7H2,1-3H3,(H,13,14,15). The fourth-order valence-corrected chi connectivity index (χ4v) is 2.45. The van der Waals surface area contributed by atoms with Crippen molar-refractivity contribution in [3.8, 4) is 0 Å². The molecule has 104 valence electrons. The minimum Gasteiger partial charge on any atom is -0.354 e. The first-order chi connectivity index (χ1) is 9.04. The van der Waals surface area contributed by atoms with E-state index in [0.717, 1.165) is 19.4 Å². The first-order valence-corrected chi connectivity index (χ1v) is 6.58. The lowest BCUT2D eigenvalue weighted by Gasteiger charge is -2.23. The monoisotopic (exact) mass is 265 g/mol. The lowest BCUT2D eigenvalue weighted by molar-refractivity contribution is -0.385. The number of nitrogens with zero attached hydrogens (tertiary/aromatic N) is 4. The van der Waals surface area contributed by atoms with E-state index in [1.165, 1.54) is 0 Å². The summed E-state index contributed by atoms with van der Waals surface area (Å²) >= 11 is 0. The van der Waals surface area contributed by atoms with Gasteiger partial charge in [0.15, 0.2) is 0 Å². The summed E-state index contributed by atoms with van der Waals surface area (Å²) < 4.78 is 0. The lowest BCUT2D eigenvalue weighted by atomic mass is 10.2. The average Bonchev–Trinajstić information content (AvgIpc) is 2.74. The second kappa shape index (κ2) is 5.38. The Morgan fingerprint density at radius 3 is 2.79 bits per heavy atom. The van der Waals surface area contributed by atoms with Crippen molar-refractivity contribution in [2.24, 2.45) is 0 Å². The normalized spacial score (nSPS) is 18.7. The third kappa shape index (κ3) is 2.59. The van der Waals surface area contributed by atoms with Crippen LogP contribution in [0.4, 0.5) is 17.5 Å². The minimum atomic E-state index is -0.383. The molecule has 1 aromatic heterocycles.